The van der Waals surface area contributed by atoms with Crippen LogP contribution in [0.3, 0.4) is 0 Å². The van der Waals surface area contributed by atoms with Crippen LogP contribution in [0.2, 0.25) is 0 Å². The van der Waals surface area contributed by atoms with Crippen molar-refractivity contribution >= 4 is 28.2 Å². The fraction of sp³-hybridized carbons (Fsp3) is 0.500. The van der Waals surface area contributed by atoms with Crippen LogP contribution in [-0.2, 0) is 0 Å². The van der Waals surface area contributed by atoms with Gasteiger partial charge in [0.1, 0.15) is 10.7 Å². The Morgan fingerprint density at radius 2 is 2.04 bits per heavy atom. The van der Waals surface area contributed by atoms with Crippen molar-refractivity contribution in [3.05, 3.63) is 34.5 Å². The van der Waals surface area contributed by atoms with Gasteiger partial charge in [0.05, 0.1) is 5.69 Å². The van der Waals surface area contributed by atoms with Gasteiger partial charge in [-0.1, -0.05) is 18.3 Å². The highest BCUT2D eigenvalue weighted by molar-refractivity contribution is 7.17. The van der Waals surface area contributed by atoms with E-state index in [4.69, 9.17) is 0 Å². The normalized spacial score (nSPS) is 15.4. The lowest BCUT2D eigenvalue weighted by Crippen LogP contribution is -2.48. The fourth-order valence-corrected chi connectivity index (χ4v) is 3.94. The molecule has 1 fully saturated rings. The van der Waals surface area contributed by atoms with Gasteiger partial charge in [-0.3, -0.25) is 9.69 Å². The molecule has 6 nitrogen and oxygen atoms in total. The zero-order valence-electron chi connectivity index (χ0n) is 15.1. The van der Waals surface area contributed by atoms with Crippen LogP contribution < -0.4 is 5.32 Å². The number of aryl methyl sites for hydroxylation is 2. The molecule has 1 aliphatic heterocycles. The Morgan fingerprint density at radius 1 is 1.28 bits per heavy atom. The number of anilines is 2. The Balaban J connectivity index is 1.67. The Bertz CT molecular complexity index is 737. The highest BCUT2D eigenvalue weighted by Gasteiger charge is 2.25. The maximum Gasteiger partial charge on any atom is 0.266 e. The van der Waals surface area contributed by atoms with Gasteiger partial charge in [0.2, 0.25) is 0 Å². The van der Waals surface area contributed by atoms with Crippen molar-refractivity contribution in [2.24, 2.45) is 0 Å². The average molecular weight is 359 g/mol. The van der Waals surface area contributed by atoms with E-state index in [9.17, 15) is 4.79 Å². The number of thiazole rings is 1. The molecule has 0 bridgehead atoms. The molecule has 0 spiro atoms. The molecule has 0 aromatic carbocycles. The van der Waals surface area contributed by atoms with Crippen LogP contribution in [0, 0.1) is 13.8 Å². The Labute approximate surface area is 152 Å². The zero-order chi connectivity index (χ0) is 17.8. The molecule has 134 valence electrons. The number of aromatic nitrogens is 2. The molecule has 0 aliphatic carbocycles. The van der Waals surface area contributed by atoms with Crippen molar-refractivity contribution < 1.29 is 4.79 Å². The molecule has 0 atom stereocenters. The van der Waals surface area contributed by atoms with Crippen molar-refractivity contribution in [2.45, 2.75) is 27.2 Å². The average Bonchev–Trinajstić information content (AvgIpc) is 2.95. The van der Waals surface area contributed by atoms with Gasteiger partial charge in [-0.15, -0.1) is 0 Å². The summed E-state index contributed by atoms with van der Waals surface area (Å²) < 4.78 is 0. The molecule has 0 saturated carbocycles. The molecule has 3 rings (SSSR count). The lowest BCUT2D eigenvalue weighted by Gasteiger charge is -2.34. The van der Waals surface area contributed by atoms with Crippen LogP contribution >= 0.6 is 11.3 Å². The second kappa shape index (κ2) is 7.93. The van der Waals surface area contributed by atoms with E-state index in [1.165, 1.54) is 11.3 Å². The predicted molar refractivity (Wildman–Crippen MR) is 102 cm³/mol. The summed E-state index contributed by atoms with van der Waals surface area (Å²) in [6, 6.07) is 3.91. The molecule has 0 radical (unpaired) electrons. The van der Waals surface area contributed by atoms with Gasteiger partial charge in [0.15, 0.2) is 5.13 Å². The van der Waals surface area contributed by atoms with Crippen molar-refractivity contribution in [1.29, 1.82) is 0 Å². The minimum Gasteiger partial charge on any atom is -0.335 e. The highest BCUT2D eigenvalue weighted by Crippen LogP contribution is 2.26. The van der Waals surface area contributed by atoms with E-state index < -0.39 is 0 Å². The Hall–Kier alpha value is -1.99. The number of carbonyl (C=O) groups is 1. The minimum absolute atomic E-state index is 0.0939. The summed E-state index contributed by atoms with van der Waals surface area (Å²) in [5, 5.41) is 3.92. The monoisotopic (exact) mass is 359 g/mol. The van der Waals surface area contributed by atoms with Gasteiger partial charge in [0.25, 0.3) is 5.91 Å². The summed E-state index contributed by atoms with van der Waals surface area (Å²) in [4.78, 5) is 26.7. The first-order valence-electron chi connectivity index (χ1n) is 8.75. The smallest absolute Gasteiger partial charge is 0.266 e. The van der Waals surface area contributed by atoms with E-state index in [2.05, 4.69) is 27.1 Å². The lowest BCUT2D eigenvalue weighted by molar-refractivity contribution is 0.0641. The predicted octanol–water partition coefficient (Wildman–Crippen LogP) is 3.07. The number of nitrogens with one attached hydrogen (secondary N) is 1. The fourth-order valence-electron chi connectivity index (χ4n) is 3.00. The topological polar surface area (TPSA) is 61.4 Å². The van der Waals surface area contributed by atoms with Crippen molar-refractivity contribution in [2.75, 3.05) is 38.0 Å². The van der Waals surface area contributed by atoms with Crippen LogP contribution in [0.4, 0.5) is 10.9 Å². The van der Waals surface area contributed by atoms with Crippen LogP contribution in [-0.4, -0.2) is 58.4 Å². The molecular formula is C18H25N5OS. The molecule has 2 aromatic heterocycles. The lowest BCUT2D eigenvalue weighted by atomic mass is 10.2. The molecule has 2 aromatic rings. The van der Waals surface area contributed by atoms with Gasteiger partial charge in [-0.25, -0.2) is 9.97 Å². The molecule has 1 aliphatic rings. The number of hydrogen-bond donors (Lipinski definition) is 1. The molecule has 0 unspecified atom stereocenters. The SMILES string of the molecule is CCCN1CCN(C(=O)c2sc(Nc3cc(C)ccn3)nc2C)CC1. The van der Waals surface area contributed by atoms with Crippen molar-refractivity contribution in [3.8, 4) is 0 Å². The van der Waals surface area contributed by atoms with Crippen molar-refractivity contribution in [3.63, 3.8) is 0 Å². The van der Waals surface area contributed by atoms with Crippen LogP contribution in [0.5, 0.6) is 0 Å². The van der Waals surface area contributed by atoms with E-state index in [1.807, 2.05) is 30.9 Å². The molecule has 1 amide bonds. The third-order valence-electron chi connectivity index (χ3n) is 4.34. The van der Waals surface area contributed by atoms with E-state index in [-0.39, 0.29) is 5.91 Å². The molecule has 7 heteroatoms. The quantitative estimate of drug-likeness (QED) is 0.889. The molecule has 1 N–H and O–H groups in total. The van der Waals surface area contributed by atoms with Crippen LogP contribution in [0.15, 0.2) is 18.3 Å². The summed E-state index contributed by atoms with van der Waals surface area (Å²) in [6.45, 7) is 10.7. The van der Waals surface area contributed by atoms with Gasteiger partial charge in [-0.05, 0) is 44.5 Å². The number of nitrogens with zero attached hydrogens (tertiary/aromatic N) is 4. The third-order valence-corrected chi connectivity index (χ3v) is 5.40. The summed E-state index contributed by atoms with van der Waals surface area (Å²) in [5.41, 5.74) is 1.91. The Morgan fingerprint density at radius 3 is 2.72 bits per heavy atom. The summed E-state index contributed by atoms with van der Waals surface area (Å²) in [6.07, 6.45) is 2.92. The van der Waals surface area contributed by atoms with Gasteiger partial charge < -0.3 is 10.2 Å². The van der Waals surface area contributed by atoms with E-state index in [0.29, 0.717) is 5.13 Å². The number of rotatable bonds is 5. The summed E-state index contributed by atoms with van der Waals surface area (Å²) >= 11 is 1.41. The van der Waals surface area contributed by atoms with E-state index in [0.717, 1.165) is 61.1 Å². The van der Waals surface area contributed by atoms with Gasteiger partial charge >= 0.3 is 0 Å². The number of hydrogen-bond acceptors (Lipinski definition) is 6. The van der Waals surface area contributed by atoms with Crippen molar-refractivity contribution in [1.82, 2.24) is 19.8 Å². The third kappa shape index (κ3) is 4.35. The van der Waals surface area contributed by atoms with E-state index >= 15 is 0 Å². The highest BCUT2D eigenvalue weighted by atomic mass is 32.1. The Kier molecular flexibility index (Phi) is 5.65. The first-order valence-corrected chi connectivity index (χ1v) is 9.57. The molecule has 25 heavy (non-hydrogen) atoms. The second-order valence-corrected chi connectivity index (χ2v) is 7.41. The maximum absolute atomic E-state index is 12.8. The first kappa shape index (κ1) is 17.8. The molecule has 3 heterocycles. The van der Waals surface area contributed by atoms with E-state index in [1.54, 1.807) is 6.20 Å². The summed E-state index contributed by atoms with van der Waals surface area (Å²) in [7, 11) is 0. The van der Waals surface area contributed by atoms with Crippen LogP contribution in [0.25, 0.3) is 0 Å². The number of pyridine rings is 1. The zero-order valence-corrected chi connectivity index (χ0v) is 15.9. The minimum atomic E-state index is 0.0939. The number of carbonyl (C=O) groups excluding carboxylic acids is 1. The first-order chi connectivity index (χ1) is 12.1. The van der Waals surface area contributed by atoms with Gasteiger partial charge in [0, 0.05) is 32.4 Å². The number of amides is 1. The second-order valence-electron chi connectivity index (χ2n) is 6.41. The number of piperazine rings is 1. The van der Waals surface area contributed by atoms with Crippen LogP contribution in [0.1, 0.15) is 34.3 Å². The molecule has 1 saturated heterocycles. The molecular weight excluding hydrogens is 334 g/mol. The standard InChI is InChI=1S/C18H25N5OS/c1-4-7-22-8-10-23(11-9-22)17(24)16-14(3)20-18(25-16)21-15-12-13(2)5-6-19-15/h5-6,12H,4,7-11H2,1-3H3,(H,19,20,21). The maximum atomic E-state index is 12.8. The van der Waals surface area contributed by atoms with Gasteiger partial charge in [-0.2, -0.15) is 0 Å². The largest absolute Gasteiger partial charge is 0.335 e. The summed E-state index contributed by atoms with van der Waals surface area (Å²) in [5.74, 6) is 0.845.